The number of likely N-dealkylation sites (tertiary alicyclic amines) is 1. The number of aromatic amines is 1. The van der Waals surface area contributed by atoms with Crippen molar-refractivity contribution in [3.05, 3.63) is 71.6 Å². The molecule has 2 aromatic heterocycles. The van der Waals surface area contributed by atoms with Crippen LogP contribution < -0.4 is 0 Å². The standard InChI is InChI=1S/C21H23FN4/c1-26-12-2-3-17(14-26)21-20(16-8-10-23-11-9-16)19(24-25-21)13-15-4-6-18(22)7-5-15/h4-11,17H,2-3,12-14H2,1H3,(H,24,25). The molecule has 1 aromatic carbocycles. The van der Waals surface area contributed by atoms with Crippen molar-refractivity contribution >= 4 is 0 Å². The van der Waals surface area contributed by atoms with Crippen LogP contribution in [0.15, 0.2) is 48.8 Å². The number of rotatable bonds is 4. The zero-order valence-electron chi connectivity index (χ0n) is 15.0. The molecule has 1 saturated heterocycles. The number of hydrogen-bond donors (Lipinski definition) is 1. The van der Waals surface area contributed by atoms with E-state index in [2.05, 4.69) is 22.0 Å². The van der Waals surface area contributed by atoms with Crippen LogP contribution in [-0.2, 0) is 6.42 Å². The number of nitrogens with one attached hydrogen (secondary N) is 1. The molecule has 0 spiro atoms. The number of aromatic nitrogens is 3. The third-order valence-corrected chi connectivity index (χ3v) is 5.14. The lowest BCUT2D eigenvalue weighted by atomic mass is 9.89. The molecule has 0 radical (unpaired) electrons. The molecule has 5 heteroatoms. The number of hydrogen-bond acceptors (Lipinski definition) is 3. The van der Waals surface area contributed by atoms with Gasteiger partial charge in [-0.25, -0.2) is 4.39 Å². The fraction of sp³-hybridized carbons (Fsp3) is 0.333. The van der Waals surface area contributed by atoms with E-state index in [9.17, 15) is 4.39 Å². The second-order valence-corrected chi connectivity index (χ2v) is 7.10. The molecule has 1 unspecified atom stereocenters. The molecule has 0 amide bonds. The molecule has 0 bridgehead atoms. The van der Waals surface area contributed by atoms with Crippen molar-refractivity contribution in [1.29, 1.82) is 0 Å². The van der Waals surface area contributed by atoms with E-state index < -0.39 is 0 Å². The average Bonchev–Trinajstić information content (AvgIpc) is 3.08. The molecule has 1 aliphatic heterocycles. The Kier molecular flexibility index (Phi) is 4.80. The molecule has 134 valence electrons. The first kappa shape index (κ1) is 16.9. The summed E-state index contributed by atoms with van der Waals surface area (Å²) < 4.78 is 13.2. The number of nitrogens with zero attached hydrogens (tertiary/aromatic N) is 3. The molecular formula is C21H23FN4. The smallest absolute Gasteiger partial charge is 0.123 e. The maximum Gasteiger partial charge on any atom is 0.123 e. The van der Waals surface area contributed by atoms with Crippen LogP contribution in [0.3, 0.4) is 0 Å². The topological polar surface area (TPSA) is 44.8 Å². The number of H-pyrrole nitrogens is 1. The summed E-state index contributed by atoms with van der Waals surface area (Å²) in [5.41, 5.74) is 5.59. The normalized spacial score (nSPS) is 18.2. The van der Waals surface area contributed by atoms with Gasteiger partial charge in [0.05, 0.1) is 5.69 Å². The Morgan fingerprint density at radius 3 is 2.65 bits per heavy atom. The van der Waals surface area contributed by atoms with Gasteiger partial charge in [0.2, 0.25) is 0 Å². The molecule has 4 rings (SSSR count). The Morgan fingerprint density at radius 2 is 1.92 bits per heavy atom. The van der Waals surface area contributed by atoms with Gasteiger partial charge >= 0.3 is 0 Å². The highest BCUT2D eigenvalue weighted by molar-refractivity contribution is 5.69. The summed E-state index contributed by atoms with van der Waals surface area (Å²) in [4.78, 5) is 6.53. The third-order valence-electron chi connectivity index (χ3n) is 5.14. The monoisotopic (exact) mass is 350 g/mol. The number of benzene rings is 1. The summed E-state index contributed by atoms with van der Waals surface area (Å²) in [7, 11) is 2.17. The van der Waals surface area contributed by atoms with Gasteiger partial charge in [-0.1, -0.05) is 12.1 Å². The SMILES string of the molecule is CN1CCCC(c2n[nH]c(Cc3ccc(F)cc3)c2-c2ccncc2)C1. The van der Waals surface area contributed by atoms with Crippen LogP contribution in [0, 0.1) is 5.82 Å². The van der Waals surface area contributed by atoms with Gasteiger partial charge in [0.15, 0.2) is 0 Å². The maximum absolute atomic E-state index is 13.2. The summed E-state index contributed by atoms with van der Waals surface area (Å²) in [6.07, 6.45) is 6.69. The summed E-state index contributed by atoms with van der Waals surface area (Å²) in [5, 5.41) is 7.98. The van der Waals surface area contributed by atoms with Crippen LogP contribution in [0.1, 0.15) is 35.7 Å². The van der Waals surface area contributed by atoms with E-state index in [4.69, 9.17) is 5.10 Å². The van der Waals surface area contributed by atoms with Gasteiger partial charge in [0.1, 0.15) is 5.82 Å². The second-order valence-electron chi connectivity index (χ2n) is 7.10. The number of piperidine rings is 1. The van der Waals surface area contributed by atoms with Crippen LogP contribution in [0.5, 0.6) is 0 Å². The lowest BCUT2D eigenvalue weighted by Crippen LogP contribution is -2.31. The molecule has 1 aliphatic rings. The molecule has 3 aromatic rings. The van der Waals surface area contributed by atoms with Gasteiger partial charge < -0.3 is 4.90 Å². The molecule has 1 fully saturated rings. The summed E-state index contributed by atoms with van der Waals surface area (Å²) >= 11 is 0. The van der Waals surface area contributed by atoms with Gasteiger partial charge in [0.25, 0.3) is 0 Å². The summed E-state index contributed by atoms with van der Waals surface area (Å²) in [5.74, 6) is 0.216. The van der Waals surface area contributed by atoms with Gasteiger partial charge in [-0.05, 0) is 61.8 Å². The maximum atomic E-state index is 13.2. The Hall–Kier alpha value is -2.53. The van der Waals surface area contributed by atoms with Gasteiger partial charge in [0, 0.05) is 42.5 Å². The average molecular weight is 350 g/mol. The minimum atomic E-state index is -0.210. The van der Waals surface area contributed by atoms with Gasteiger partial charge in [-0.2, -0.15) is 5.10 Å². The zero-order chi connectivity index (χ0) is 17.9. The Balaban J connectivity index is 1.73. The van der Waals surface area contributed by atoms with Gasteiger partial charge in [-0.3, -0.25) is 10.1 Å². The predicted molar refractivity (Wildman–Crippen MR) is 100 cm³/mol. The highest BCUT2D eigenvalue weighted by atomic mass is 19.1. The van der Waals surface area contributed by atoms with E-state index in [1.807, 2.05) is 36.7 Å². The van der Waals surface area contributed by atoms with E-state index in [0.717, 1.165) is 42.0 Å². The van der Waals surface area contributed by atoms with E-state index in [-0.39, 0.29) is 5.82 Å². The van der Waals surface area contributed by atoms with Crippen molar-refractivity contribution in [3.8, 4) is 11.1 Å². The third kappa shape index (κ3) is 3.53. The first-order valence-electron chi connectivity index (χ1n) is 9.11. The molecule has 26 heavy (non-hydrogen) atoms. The molecule has 1 N–H and O–H groups in total. The van der Waals surface area contributed by atoms with Crippen LogP contribution in [0.25, 0.3) is 11.1 Å². The summed E-state index contributed by atoms with van der Waals surface area (Å²) in [6.45, 7) is 2.17. The van der Waals surface area contributed by atoms with Crippen molar-refractivity contribution in [2.75, 3.05) is 20.1 Å². The van der Waals surface area contributed by atoms with E-state index in [1.165, 1.54) is 24.1 Å². The largest absolute Gasteiger partial charge is 0.306 e. The minimum absolute atomic E-state index is 0.210. The molecular weight excluding hydrogens is 327 g/mol. The lowest BCUT2D eigenvalue weighted by molar-refractivity contribution is 0.248. The van der Waals surface area contributed by atoms with Crippen molar-refractivity contribution in [2.24, 2.45) is 0 Å². The summed E-state index contributed by atoms with van der Waals surface area (Å²) in [6, 6.07) is 10.8. The Morgan fingerprint density at radius 1 is 1.15 bits per heavy atom. The van der Waals surface area contributed by atoms with E-state index in [1.54, 1.807) is 0 Å². The van der Waals surface area contributed by atoms with E-state index >= 15 is 0 Å². The van der Waals surface area contributed by atoms with Gasteiger partial charge in [-0.15, -0.1) is 0 Å². The van der Waals surface area contributed by atoms with Crippen LogP contribution in [0.2, 0.25) is 0 Å². The fourth-order valence-electron chi connectivity index (χ4n) is 3.85. The van der Waals surface area contributed by atoms with Crippen molar-refractivity contribution < 1.29 is 4.39 Å². The highest BCUT2D eigenvalue weighted by Crippen LogP contribution is 2.35. The number of halogens is 1. The first-order chi connectivity index (χ1) is 12.7. The first-order valence-corrected chi connectivity index (χ1v) is 9.11. The quantitative estimate of drug-likeness (QED) is 0.773. The molecule has 0 saturated carbocycles. The molecule has 0 aliphatic carbocycles. The fourth-order valence-corrected chi connectivity index (χ4v) is 3.85. The minimum Gasteiger partial charge on any atom is -0.306 e. The highest BCUT2D eigenvalue weighted by Gasteiger charge is 2.26. The molecule has 3 heterocycles. The molecule has 4 nitrogen and oxygen atoms in total. The molecule has 1 atom stereocenters. The predicted octanol–water partition coefficient (Wildman–Crippen LogP) is 4.01. The Bertz CT molecular complexity index is 857. The van der Waals surface area contributed by atoms with Crippen LogP contribution in [-0.4, -0.2) is 40.2 Å². The number of likely N-dealkylation sites (N-methyl/N-ethyl adjacent to an activating group) is 1. The van der Waals surface area contributed by atoms with Crippen molar-refractivity contribution in [1.82, 2.24) is 20.1 Å². The van der Waals surface area contributed by atoms with Crippen LogP contribution >= 0.6 is 0 Å². The Labute approximate surface area is 153 Å². The van der Waals surface area contributed by atoms with E-state index in [0.29, 0.717) is 12.3 Å². The lowest BCUT2D eigenvalue weighted by Gasteiger charge is -2.29. The second kappa shape index (κ2) is 7.38. The van der Waals surface area contributed by atoms with Crippen LogP contribution in [0.4, 0.5) is 4.39 Å². The number of pyridine rings is 1. The van der Waals surface area contributed by atoms with Crippen molar-refractivity contribution in [2.45, 2.75) is 25.2 Å². The van der Waals surface area contributed by atoms with Crippen molar-refractivity contribution in [3.63, 3.8) is 0 Å². The zero-order valence-corrected chi connectivity index (χ0v) is 15.0.